The Morgan fingerprint density at radius 1 is 1.50 bits per heavy atom. The average molecular weight is 248 g/mol. The molecule has 1 aromatic heterocycles. The third-order valence-corrected chi connectivity index (χ3v) is 2.41. The summed E-state index contributed by atoms with van der Waals surface area (Å²) in [6, 6.07) is 4.94. The Kier molecular flexibility index (Phi) is 3.52. The molecule has 2 aromatic rings. The van der Waals surface area contributed by atoms with Crippen LogP contribution < -0.4 is 5.32 Å². The molecule has 0 spiro atoms. The molecule has 0 aliphatic carbocycles. The van der Waals surface area contributed by atoms with E-state index in [-0.39, 0.29) is 5.69 Å². The minimum Gasteiger partial charge on any atom is -0.379 e. The van der Waals surface area contributed by atoms with Gasteiger partial charge in [0.2, 0.25) is 5.89 Å². The predicted octanol–water partition coefficient (Wildman–Crippen LogP) is 1.94. The first-order valence-corrected chi connectivity index (χ1v) is 5.41. The van der Waals surface area contributed by atoms with Crippen LogP contribution >= 0.6 is 0 Å². The van der Waals surface area contributed by atoms with Crippen LogP contribution in [0.2, 0.25) is 0 Å². The van der Waals surface area contributed by atoms with E-state index in [0.29, 0.717) is 24.5 Å². The van der Waals surface area contributed by atoms with Crippen LogP contribution in [0.25, 0.3) is 0 Å². The third kappa shape index (κ3) is 2.82. The van der Waals surface area contributed by atoms with Gasteiger partial charge < -0.3 is 9.84 Å². The van der Waals surface area contributed by atoms with Gasteiger partial charge >= 0.3 is 0 Å². The monoisotopic (exact) mass is 248 g/mol. The number of benzene rings is 1. The molecule has 0 aliphatic heterocycles. The van der Waals surface area contributed by atoms with Gasteiger partial charge in [0.15, 0.2) is 6.33 Å². The lowest BCUT2D eigenvalue weighted by atomic mass is 10.2. The number of nitrogens with zero attached hydrogens (tertiary/aromatic N) is 3. The number of nitro benzene ring substituents is 1. The van der Waals surface area contributed by atoms with Gasteiger partial charge in [-0.05, 0) is 18.6 Å². The van der Waals surface area contributed by atoms with Crippen LogP contribution in [0.5, 0.6) is 0 Å². The zero-order valence-electron chi connectivity index (χ0n) is 9.79. The molecule has 7 heteroatoms. The van der Waals surface area contributed by atoms with Crippen molar-refractivity contribution in [1.29, 1.82) is 0 Å². The highest BCUT2D eigenvalue weighted by Crippen LogP contribution is 2.24. The lowest BCUT2D eigenvalue weighted by Crippen LogP contribution is -2.07. The first-order valence-electron chi connectivity index (χ1n) is 5.41. The molecule has 0 saturated carbocycles. The molecule has 0 saturated heterocycles. The largest absolute Gasteiger partial charge is 0.379 e. The van der Waals surface area contributed by atoms with Gasteiger partial charge in [-0.3, -0.25) is 10.1 Å². The minimum atomic E-state index is -0.408. The maximum absolute atomic E-state index is 10.8. The fourth-order valence-electron chi connectivity index (χ4n) is 1.56. The summed E-state index contributed by atoms with van der Waals surface area (Å²) in [4.78, 5) is 14.3. The van der Waals surface area contributed by atoms with Gasteiger partial charge in [-0.15, -0.1) is 0 Å². The van der Waals surface area contributed by atoms with E-state index in [9.17, 15) is 10.1 Å². The molecule has 1 heterocycles. The molecule has 0 unspecified atom stereocenters. The molecule has 1 N–H and O–H groups in total. The van der Waals surface area contributed by atoms with E-state index in [1.165, 1.54) is 12.4 Å². The standard InChI is InChI=1S/C11H12N4O3/c1-8-2-3-10(15(16)17)9(6-8)12-5-4-11-13-7-14-18-11/h2-3,6-7,12H,4-5H2,1H3. The van der Waals surface area contributed by atoms with Crippen molar-refractivity contribution in [3.63, 3.8) is 0 Å². The van der Waals surface area contributed by atoms with Gasteiger partial charge in [-0.1, -0.05) is 11.2 Å². The van der Waals surface area contributed by atoms with Crippen molar-refractivity contribution in [2.75, 3.05) is 11.9 Å². The van der Waals surface area contributed by atoms with Gasteiger partial charge in [0.1, 0.15) is 5.69 Å². The summed E-state index contributed by atoms with van der Waals surface area (Å²) < 4.78 is 4.84. The molecule has 0 aliphatic rings. The summed E-state index contributed by atoms with van der Waals surface area (Å²) in [5.41, 5.74) is 1.52. The van der Waals surface area contributed by atoms with Crippen LogP contribution in [-0.2, 0) is 6.42 Å². The first kappa shape index (κ1) is 12.0. The second-order valence-electron chi connectivity index (χ2n) is 3.79. The summed E-state index contributed by atoms with van der Waals surface area (Å²) in [6.07, 6.45) is 1.84. The molecule has 0 fully saturated rings. The van der Waals surface area contributed by atoms with E-state index in [1.807, 2.05) is 6.92 Å². The second kappa shape index (κ2) is 5.26. The van der Waals surface area contributed by atoms with Gasteiger partial charge in [-0.25, -0.2) is 0 Å². The number of aryl methyl sites for hydroxylation is 1. The van der Waals surface area contributed by atoms with Crippen LogP contribution in [0.3, 0.4) is 0 Å². The molecular weight excluding hydrogens is 236 g/mol. The highest BCUT2D eigenvalue weighted by atomic mass is 16.6. The highest BCUT2D eigenvalue weighted by Gasteiger charge is 2.13. The summed E-state index contributed by atoms with van der Waals surface area (Å²) in [5.74, 6) is 0.498. The van der Waals surface area contributed by atoms with Gasteiger partial charge in [0, 0.05) is 19.0 Å². The summed E-state index contributed by atoms with van der Waals surface area (Å²) in [5, 5.41) is 17.3. The normalized spacial score (nSPS) is 10.3. The molecule has 2 rings (SSSR count). The molecule has 7 nitrogen and oxygen atoms in total. The van der Waals surface area contributed by atoms with Crippen LogP contribution in [0, 0.1) is 17.0 Å². The predicted molar refractivity (Wildman–Crippen MR) is 64.3 cm³/mol. The van der Waals surface area contributed by atoms with Crippen molar-refractivity contribution in [2.45, 2.75) is 13.3 Å². The van der Waals surface area contributed by atoms with Crippen molar-refractivity contribution in [3.05, 3.63) is 46.1 Å². The minimum absolute atomic E-state index is 0.0612. The Balaban J connectivity index is 2.03. The maximum atomic E-state index is 10.8. The number of nitro groups is 1. The van der Waals surface area contributed by atoms with Crippen LogP contribution in [0.1, 0.15) is 11.5 Å². The zero-order valence-corrected chi connectivity index (χ0v) is 9.79. The van der Waals surface area contributed by atoms with Gasteiger partial charge in [0.25, 0.3) is 5.69 Å². The van der Waals surface area contributed by atoms with E-state index < -0.39 is 4.92 Å². The molecule has 0 atom stereocenters. The second-order valence-corrected chi connectivity index (χ2v) is 3.79. The number of aromatic nitrogens is 2. The molecule has 94 valence electrons. The van der Waals surface area contributed by atoms with E-state index in [1.54, 1.807) is 12.1 Å². The number of hydrogen-bond acceptors (Lipinski definition) is 6. The molecule has 0 radical (unpaired) electrons. The Morgan fingerprint density at radius 3 is 3.00 bits per heavy atom. The lowest BCUT2D eigenvalue weighted by Gasteiger charge is -2.06. The fourth-order valence-corrected chi connectivity index (χ4v) is 1.56. The lowest BCUT2D eigenvalue weighted by molar-refractivity contribution is -0.384. The Labute approximate surface area is 103 Å². The van der Waals surface area contributed by atoms with Gasteiger partial charge in [0.05, 0.1) is 4.92 Å². The third-order valence-electron chi connectivity index (χ3n) is 2.41. The van der Waals surface area contributed by atoms with Crippen molar-refractivity contribution in [1.82, 2.24) is 10.1 Å². The summed E-state index contributed by atoms with van der Waals surface area (Å²) in [6.45, 7) is 2.37. The quantitative estimate of drug-likeness (QED) is 0.641. The van der Waals surface area contributed by atoms with Gasteiger partial charge in [-0.2, -0.15) is 4.98 Å². The molecule has 0 amide bonds. The fraction of sp³-hybridized carbons (Fsp3) is 0.273. The summed E-state index contributed by atoms with van der Waals surface area (Å²) >= 11 is 0. The Hall–Kier alpha value is -2.44. The molecular formula is C11H12N4O3. The number of anilines is 1. The van der Waals surface area contributed by atoms with E-state index in [0.717, 1.165) is 5.56 Å². The number of nitrogens with one attached hydrogen (secondary N) is 1. The van der Waals surface area contributed by atoms with E-state index in [2.05, 4.69) is 15.5 Å². The molecule has 0 bridgehead atoms. The van der Waals surface area contributed by atoms with E-state index >= 15 is 0 Å². The van der Waals surface area contributed by atoms with E-state index in [4.69, 9.17) is 4.52 Å². The molecule has 1 aromatic carbocycles. The number of rotatable bonds is 5. The Morgan fingerprint density at radius 2 is 2.33 bits per heavy atom. The smallest absolute Gasteiger partial charge is 0.292 e. The van der Waals surface area contributed by atoms with Crippen LogP contribution in [0.4, 0.5) is 11.4 Å². The van der Waals surface area contributed by atoms with Crippen molar-refractivity contribution < 1.29 is 9.45 Å². The molecule has 18 heavy (non-hydrogen) atoms. The van der Waals surface area contributed by atoms with Crippen molar-refractivity contribution >= 4 is 11.4 Å². The maximum Gasteiger partial charge on any atom is 0.292 e. The van der Waals surface area contributed by atoms with Crippen LogP contribution in [0.15, 0.2) is 29.0 Å². The topological polar surface area (TPSA) is 94.1 Å². The summed E-state index contributed by atoms with van der Waals surface area (Å²) in [7, 11) is 0. The number of hydrogen-bond donors (Lipinski definition) is 1. The van der Waals surface area contributed by atoms with Crippen LogP contribution in [-0.4, -0.2) is 21.6 Å². The van der Waals surface area contributed by atoms with Crippen molar-refractivity contribution in [3.8, 4) is 0 Å². The van der Waals surface area contributed by atoms with Crippen molar-refractivity contribution in [2.24, 2.45) is 0 Å². The SMILES string of the molecule is Cc1ccc([N+](=O)[O-])c(NCCc2ncno2)c1. The average Bonchev–Trinajstić information content (AvgIpc) is 2.82. The Bertz CT molecular complexity index is 539. The zero-order chi connectivity index (χ0) is 13.0. The highest BCUT2D eigenvalue weighted by molar-refractivity contribution is 5.62. The first-order chi connectivity index (χ1) is 8.66.